The van der Waals surface area contributed by atoms with Gasteiger partial charge < -0.3 is 24.4 Å². The van der Waals surface area contributed by atoms with Gasteiger partial charge in [0.1, 0.15) is 17.9 Å². The first-order valence-electron chi connectivity index (χ1n) is 14.8. The molecule has 1 aliphatic heterocycles. The van der Waals surface area contributed by atoms with Crippen LogP contribution in [0.2, 0.25) is 0 Å². The summed E-state index contributed by atoms with van der Waals surface area (Å²) in [6, 6.07) is 20.0. The van der Waals surface area contributed by atoms with E-state index in [0.717, 1.165) is 18.7 Å². The molecule has 0 radical (unpaired) electrons. The summed E-state index contributed by atoms with van der Waals surface area (Å²) >= 11 is 0. The number of fused-ring (bicyclic) bond motifs is 1. The third-order valence-corrected chi connectivity index (χ3v) is 7.84. The summed E-state index contributed by atoms with van der Waals surface area (Å²) in [6.07, 6.45) is 1.78. The zero-order chi connectivity index (χ0) is 30.5. The Hall–Kier alpha value is -4.63. The molecule has 4 aromatic rings. The molecule has 3 heterocycles. The Morgan fingerprint density at radius 1 is 0.953 bits per heavy atom. The lowest BCUT2D eigenvalue weighted by atomic mass is 9.96. The molecule has 1 fully saturated rings. The maximum absolute atomic E-state index is 13.7. The largest absolute Gasteiger partial charge is 0.505 e. The molecule has 9 nitrogen and oxygen atoms in total. The summed E-state index contributed by atoms with van der Waals surface area (Å²) in [4.78, 5) is 35.6. The first kappa shape index (κ1) is 29.8. The van der Waals surface area contributed by atoms with Crippen LogP contribution in [0, 0.1) is 6.92 Å². The number of rotatable bonds is 12. The van der Waals surface area contributed by atoms with E-state index in [4.69, 9.17) is 9.47 Å². The van der Waals surface area contributed by atoms with Gasteiger partial charge in [-0.05, 0) is 62.3 Å². The predicted molar refractivity (Wildman–Crippen MR) is 165 cm³/mol. The molecule has 5 rings (SSSR count). The number of ether oxygens (including phenoxy) is 2. The van der Waals surface area contributed by atoms with E-state index < -0.39 is 17.7 Å². The van der Waals surface area contributed by atoms with E-state index >= 15 is 0 Å². The number of amides is 1. The number of Topliss-reactive ketones (excluding diaryl/α,β-unsaturated/α-hetero) is 1. The monoisotopic (exact) mass is 582 g/mol. The highest BCUT2D eigenvalue weighted by Gasteiger charge is 2.46. The Bertz CT molecular complexity index is 1640. The molecule has 1 aliphatic rings. The Morgan fingerprint density at radius 3 is 2.42 bits per heavy atom. The number of likely N-dealkylation sites (N-methyl/N-ethyl adjacent to an activating group) is 1. The van der Waals surface area contributed by atoms with Crippen LogP contribution in [0.3, 0.4) is 0 Å². The molecule has 1 N–H and O–H groups in total. The topological polar surface area (TPSA) is 96.6 Å². The Balaban J connectivity index is 1.61. The number of imidazole rings is 1. The number of benzene rings is 2. The third-order valence-electron chi connectivity index (χ3n) is 7.84. The fourth-order valence-corrected chi connectivity index (χ4v) is 5.59. The second kappa shape index (κ2) is 13.1. The minimum atomic E-state index is -0.827. The highest BCUT2D eigenvalue weighted by atomic mass is 16.5. The van der Waals surface area contributed by atoms with Gasteiger partial charge in [-0.25, -0.2) is 4.98 Å². The van der Waals surface area contributed by atoms with Crippen molar-refractivity contribution in [2.24, 2.45) is 0 Å². The summed E-state index contributed by atoms with van der Waals surface area (Å²) in [7, 11) is 0. The van der Waals surface area contributed by atoms with Crippen LogP contribution in [-0.4, -0.2) is 68.8 Å². The first-order valence-corrected chi connectivity index (χ1v) is 14.8. The van der Waals surface area contributed by atoms with Crippen molar-refractivity contribution in [2.75, 3.05) is 32.8 Å². The van der Waals surface area contributed by atoms with E-state index in [0.29, 0.717) is 60.4 Å². The third kappa shape index (κ3) is 5.99. The summed E-state index contributed by atoms with van der Waals surface area (Å²) < 4.78 is 13.8. The molecule has 0 bridgehead atoms. The van der Waals surface area contributed by atoms with Crippen LogP contribution >= 0.6 is 0 Å². The average Bonchev–Trinajstić information content (AvgIpc) is 3.49. The summed E-state index contributed by atoms with van der Waals surface area (Å²) in [5.74, 6) is -0.585. The molecule has 43 heavy (non-hydrogen) atoms. The zero-order valence-corrected chi connectivity index (χ0v) is 25.1. The number of ketones is 1. The van der Waals surface area contributed by atoms with Gasteiger partial charge in [0, 0.05) is 19.3 Å². The van der Waals surface area contributed by atoms with Gasteiger partial charge in [-0.1, -0.05) is 56.3 Å². The number of pyridine rings is 1. The minimum absolute atomic E-state index is 0.0266. The number of hydrogen-bond donors (Lipinski definition) is 1. The fourth-order valence-electron chi connectivity index (χ4n) is 5.59. The van der Waals surface area contributed by atoms with Crippen molar-refractivity contribution in [3.05, 3.63) is 101 Å². The summed E-state index contributed by atoms with van der Waals surface area (Å²) in [6.45, 7) is 11.1. The van der Waals surface area contributed by atoms with Crippen LogP contribution < -0.4 is 9.47 Å². The van der Waals surface area contributed by atoms with Crippen LogP contribution in [0.25, 0.3) is 11.4 Å². The number of likely N-dealkylation sites (tertiary alicyclic amines) is 1. The molecular formula is C34H38N4O5. The smallest absolute Gasteiger partial charge is 0.295 e. The average molecular weight is 583 g/mol. The first-order chi connectivity index (χ1) is 20.9. The maximum Gasteiger partial charge on any atom is 0.295 e. The van der Waals surface area contributed by atoms with Crippen molar-refractivity contribution < 1.29 is 24.2 Å². The lowest BCUT2D eigenvalue weighted by Gasteiger charge is -2.28. The van der Waals surface area contributed by atoms with Crippen molar-refractivity contribution in [3.63, 3.8) is 0 Å². The minimum Gasteiger partial charge on any atom is -0.505 e. The molecule has 2 aromatic heterocycles. The van der Waals surface area contributed by atoms with Crippen molar-refractivity contribution in [1.82, 2.24) is 19.2 Å². The van der Waals surface area contributed by atoms with Crippen LogP contribution in [0.1, 0.15) is 49.3 Å². The van der Waals surface area contributed by atoms with Crippen LogP contribution in [0.4, 0.5) is 0 Å². The molecular weight excluding hydrogens is 544 g/mol. The lowest BCUT2D eigenvalue weighted by Crippen LogP contribution is -2.38. The molecule has 1 amide bonds. The number of aliphatic hydroxyl groups is 1. The standard InChI is InChI=1S/C34H38N4O5/c1-5-36(6-2)19-20-38-31(25-16-17-26(27(21-25)42-7-3)43-22-24-13-9-8-10-14-24)29(33(40)34(38)41)32(39)30-23(4)35-28-15-11-12-18-37(28)30/h8-18,21,31,39H,5-7,19-20,22H2,1-4H3. The van der Waals surface area contributed by atoms with Crippen LogP contribution in [0.15, 0.2) is 78.5 Å². The number of carbonyl (C=O) groups excluding carboxylic acids is 2. The maximum atomic E-state index is 13.7. The van der Waals surface area contributed by atoms with E-state index in [2.05, 4.69) is 23.7 Å². The normalized spacial score (nSPS) is 16.4. The fraction of sp³-hybridized carbons (Fsp3) is 0.324. The predicted octanol–water partition coefficient (Wildman–Crippen LogP) is 5.38. The quantitative estimate of drug-likeness (QED) is 0.136. The highest BCUT2D eigenvalue weighted by molar-refractivity contribution is 6.46. The number of aliphatic hydroxyl groups excluding tert-OH is 1. The van der Waals surface area contributed by atoms with Gasteiger partial charge in [0.15, 0.2) is 17.3 Å². The molecule has 2 aromatic carbocycles. The van der Waals surface area contributed by atoms with E-state index in [9.17, 15) is 14.7 Å². The zero-order valence-electron chi connectivity index (χ0n) is 25.1. The van der Waals surface area contributed by atoms with Gasteiger partial charge in [0.05, 0.1) is 23.9 Å². The van der Waals surface area contributed by atoms with E-state index in [1.54, 1.807) is 34.6 Å². The van der Waals surface area contributed by atoms with Gasteiger partial charge in [-0.15, -0.1) is 0 Å². The molecule has 0 spiro atoms. The molecule has 0 saturated carbocycles. The second-order valence-corrected chi connectivity index (χ2v) is 10.4. The number of aromatic nitrogens is 2. The number of hydrogen-bond acceptors (Lipinski definition) is 7. The second-order valence-electron chi connectivity index (χ2n) is 10.4. The van der Waals surface area contributed by atoms with Gasteiger partial charge >= 0.3 is 0 Å². The van der Waals surface area contributed by atoms with Crippen molar-refractivity contribution in [1.29, 1.82) is 0 Å². The van der Waals surface area contributed by atoms with E-state index in [1.165, 1.54) is 0 Å². The molecule has 1 atom stereocenters. The van der Waals surface area contributed by atoms with Gasteiger partial charge in [0.25, 0.3) is 11.7 Å². The molecule has 0 aliphatic carbocycles. The SMILES string of the molecule is CCOc1cc(C2C(=C(O)c3c(C)nc4ccccn34)C(=O)C(=O)N2CCN(CC)CC)ccc1OCc1ccccc1. The van der Waals surface area contributed by atoms with E-state index in [-0.39, 0.29) is 11.3 Å². The van der Waals surface area contributed by atoms with Gasteiger partial charge in [0.2, 0.25) is 0 Å². The van der Waals surface area contributed by atoms with Crippen LogP contribution in [0.5, 0.6) is 11.5 Å². The van der Waals surface area contributed by atoms with Crippen molar-refractivity contribution >= 4 is 23.1 Å². The summed E-state index contributed by atoms with van der Waals surface area (Å²) in [5.41, 5.74) is 3.25. The van der Waals surface area contributed by atoms with Crippen molar-refractivity contribution in [3.8, 4) is 11.5 Å². The molecule has 9 heteroatoms. The van der Waals surface area contributed by atoms with Crippen molar-refractivity contribution in [2.45, 2.75) is 40.3 Å². The van der Waals surface area contributed by atoms with Gasteiger partial charge in [-0.2, -0.15) is 0 Å². The van der Waals surface area contributed by atoms with Crippen LogP contribution in [-0.2, 0) is 16.2 Å². The Kier molecular flexibility index (Phi) is 9.11. The number of nitrogens with zero attached hydrogens (tertiary/aromatic N) is 4. The Labute approximate surface area is 252 Å². The summed E-state index contributed by atoms with van der Waals surface area (Å²) in [5, 5.41) is 11.8. The molecule has 1 unspecified atom stereocenters. The highest BCUT2D eigenvalue weighted by Crippen LogP contribution is 2.42. The molecule has 1 saturated heterocycles. The van der Waals surface area contributed by atoms with Gasteiger partial charge in [-0.3, -0.25) is 14.0 Å². The number of aryl methyl sites for hydroxylation is 1. The lowest BCUT2D eigenvalue weighted by molar-refractivity contribution is -0.140. The van der Waals surface area contributed by atoms with E-state index in [1.807, 2.05) is 61.5 Å². The Morgan fingerprint density at radius 2 is 1.70 bits per heavy atom. The molecule has 224 valence electrons. The number of carbonyl (C=O) groups is 2.